The first-order valence-corrected chi connectivity index (χ1v) is 9.18. The molecule has 2 N–H and O–H groups in total. The van der Waals surface area contributed by atoms with Gasteiger partial charge in [-0.25, -0.2) is 4.79 Å². The number of aromatic nitrogens is 1. The fourth-order valence-corrected chi connectivity index (χ4v) is 2.78. The zero-order chi connectivity index (χ0) is 19.8. The number of nitrogens with one attached hydrogen (secondary N) is 2. The number of carbonyl (C=O) groups excluding carboxylic acids is 2. The Morgan fingerprint density at radius 3 is 2.59 bits per heavy atom. The molecule has 0 radical (unpaired) electrons. The fourth-order valence-electron chi connectivity index (χ4n) is 2.78. The van der Waals surface area contributed by atoms with Gasteiger partial charge < -0.3 is 15.5 Å². The lowest BCUT2D eigenvalue weighted by atomic mass is 10.1. The summed E-state index contributed by atoms with van der Waals surface area (Å²) in [5.74, 6) is 0.0609. The van der Waals surface area contributed by atoms with E-state index in [2.05, 4.69) is 15.6 Å². The highest BCUT2D eigenvalue weighted by Crippen LogP contribution is 2.19. The van der Waals surface area contributed by atoms with Crippen LogP contribution in [0.3, 0.4) is 0 Å². The molecule has 0 aliphatic rings. The fraction of sp³-hybridized carbons (Fsp3) is 0.381. The van der Waals surface area contributed by atoms with Crippen molar-refractivity contribution in [2.24, 2.45) is 0 Å². The minimum absolute atomic E-state index is 0.0609. The highest BCUT2D eigenvalue weighted by molar-refractivity contribution is 5.90. The van der Waals surface area contributed by atoms with Crippen LogP contribution in [0.5, 0.6) is 0 Å². The van der Waals surface area contributed by atoms with Gasteiger partial charge in [0.15, 0.2) is 0 Å². The highest BCUT2D eigenvalue weighted by Gasteiger charge is 2.15. The lowest BCUT2D eigenvalue weighted by Gasteiger charge is -2.18. The van der Waals surface area contributed by atoms with Crippen LogP contribution in [-0.4, -0.2) is 35.9 Å². The van der Waals surface area contributed by atoms with Crippen LogP contribution in [0, 0.1) is 6.92 Å². The molecular formula is C21H28N4O2. The quantitative estimate of drug-likeness (QED) is 0.783. The Morgan fingerprint density at radius 2 is 1.93 bits per heavy atom. The molecule has 6 nitrogen and oxygen atoms in total. The van der Waals surface area contributed by atoms with Gasteiger partial charge in [-0.1, -0.05) is 25.1 Å². The number of anilines is 1. The molecule has 27 heavy (non-hydrogen) atoms. The second-order valence-corrected chi connectivity index (χ2v) is 6.76. The van der Waals surface area contributed by atoms with Crippen molar-refractivity contribution < 1.29 is 9.59 Å². The smallest absolute Gasteiger partial charge is 0.319 e. The third kappa shape index (κ3) is 6.09. The molecule has 0 aliphatic carbocycles. The van der Waals surface area contributed by atoms with Crippen LogP contribution in [0.15, 0.2) is 42.6 Å². The topological polar surface area (TPSA) is 74.3 Å². The minimum atomic E-state index is -0.281. The van der Waals surface area contributed by atoms with Crippen LogP contribution in [0.2, 0.25) is 0 Å². The molecule has 1 heterocycles. The average Bonchev–Trinajstić information content (AvgIpc) is 2.65. The summed E-state index contributed by atoms with van der Waals surface area (Å²) < 4.78 is 0. The van der Waals surface area contributed by atoms with Crippen LogP contribution < -0.4 is 10.6 Å². The number of nitrogens with zero attached hydrogens (tertiary/aromatic N) is 2. The van der Waals surface area contributed by atoms with E-state index >= 15 is 0 Å². The van der Waals surface area contributed by atoms with E-state index < -0.39 is 0 Å². The summed E-state index contributed by atoms with van der Waals surface area (Å²) in [5.41, 5.74) is 3.60. The van der Waals surface area contributed by atoms with Crippen molar-refractivity contribution >= 4 is 17.6 Å². The molecule has 0 saturated heterocycles. The molecule has 0 spiro atoms. The van der Waals surface area contributed by atoms with Gasteiger partial charge in [-0.15, -0.1) is 0 Å². The van der Waals surface area contributed by atoms with E-state index in [1.165, 1.54) is 0 Å². The van der Waals surface area contributed by atoms with Crippen molar-refractivity contribution in [2.75, 3.05) is 19.4 Å². The Balaban J connectivity index is 2.03. The molecule has 3 amide bonds. The lowest BCUT2D eigenvalue weighted by Crippen LogP contribution is -2.33. The Kier molecular flexibility index (Phi) is 7.34. The lowest BCUT2D eigenvalue weighted by molar-refractivity contribution is -0.128. The molecule has 0 aliphatic heterocycles. The number of urea groups is 1. The van der Waals surface area contributed by atoms with Crippen molar-refractivity contribution in [1.82, 2.24) is 15.2 Å². The summed E-state index contributed by atoms with van der Waals surface area (Å²) in [6.45, 7) is 4.01. The average molecular weight is 368 g/mol. The maximum Gasteiger partial charge on any atom is 0.319 e. The first-order chi connectivity index (χ1) is 12.9. The van der Waals surface area contributed by atoms with E-state index in [0.29, 0.717) is 18.5 Å². The predicted molar refractivity (Wildman–Crippen MR) is 108 cm³/mol. The van der Waals surface area contributed by atoms with Gasteiger partial charge in [0.2, 0.25) is 5.91 Å². The van der Waals surface area contributed by atoms with Gasteiger partial charge >= 0.3 is 6.03 Å². The second kappa shape index (κ2) is 9.71. The number of para-hydroxylation sites is 1. The molecule has 0 bridgehead atoms. The minimum Gasteiger partial charge on any atom is -0.349 e. The van der Waals surface area contributed by atoms with Crippen LogP contribution in [-0.2, 0) is 11.2 Å². The van der Waals surface area contributed by atoms with Gasteiger partial charge in [0.25, 0.3) is 0 Å². The van der Waals surface area contributed by atoms with Crippen molar-refractivity contribution in [3.05, 3.63) is 59.4 Å². The van der Waals surface area contributed by atoms with Crippen LogP contribution >= 0.6 is 0 Å². The van der Waals surface area contributed by atoms with E-state index in [0.717, 1.165) is 23.2 Å². The third-order valence-electron chi connectivity index (χ3n) is 4.38. The molecule has 1 aromatic heterocycles. The normalized spacial score (nSPS) is 11.6. The van der Waals surface area contributed by atoms with Gasteiger partial charge in [0, 0.05) is 32.4 Å². The number of aryl methyl sites for hydroxylation is 2. The van der Waals surface area contributed by atoms with Gasteiger partial charge in [0.05, 0.1) is 11.7 Å². The van der Waals surface area contributed by atoms with Gasteiger partial charge in [-0.05, 0) is 49.1 Å². The maximum atomic E-state index is 12.5. The molecule has 0 unspecified atom stereocenters. The summed E-state index contributed by atoms with van der Waals surface area (Å²) in [7, 11) is 3.48. The summed E-state index contributed by atoms with van der Waals surface area (Å²) in [6, 6.07) is 11.0. The highest BCUT2D eigenvalue weighted by atomic mass is 16.2. The van der Waals surface area contributed by atoms with E-state index in [4.69, 9.17) is 0 Å². The Labute approximate surface area is 161 Å². The number of hydrogen-bond acceptors (Lipinski definition) is 3. The third-order valence-corrected chi connectivity index (χ3v) is 4.38. The van der Waals surface area contributed by atoms with Crippen molar-refractivity contribution in [1.29, 1.82) is 0 Å². The molecule has 2 rings (SSSR count). The molecule has 0 fully saturated rings. The summed E-state index contributed by atoms with van der Waals surface area (Å²) in [4.78, 5) is 30.3. The second-order valence-electron chi connectivity index (χ2n) is 6.76. The van der Waals surface area contributed by atoms with Crippen LogP contribution in [0.4, 0.5) is 10.5 Å². The van der Waals surface area contributed by atoms with Gasteiger partial charge in [-0.3, -0.25) is 9.78 Å². The number of hydrogen-bond donors (Lipinski definition) is 2. The SMILES string of the molecule is CC[C@@H](NC(=O)Nc1ccccc1CCC(=O)N(C)C)c1cc(C)ccn1. The first kappa shape index (κ1) is 20.4. The van der Waals surface area contributed by atoms with Crippen molar-refractivity contribution in [3.63, 3.8) is 0 Å². The summed E-state index contributed by atoms with van der Waals surface area (Å²) in [5, 5.41) is 5.89. The first-order valence-electron chi connectivity index (χ1n) is 9.18. The van der Waals surface area contributed by atoms with Crippen molar-refractivity contribution in [2.45, 2.75) is 39.2 Å². The van der Waals surface area contributed by atoms with Crippen LogP contribution in [0.1, 0.15) is 42.6 Å². The number of amides is 3. The van der Waals surface area contributed by atoms with E-state index in [9.17, 15) is 9.59 Å². The number of rotatable bonds is 7. The summed E-state index contributed by atoms with van der Waals surface area (Å²) in [6.07, 6.45) is 3.47. The molecule has 1 atom stereocenters. The zero-order valence-corrected chi connectivity index (χ0v) is 16.5. The number of pyridine rings is 1. The molecule has 0 saturated carbocycles. The molecular weight excluding hydrogens is 340 g/mol. The largest absolute Gasteiger partial charge is 0.349 e. The molecule has 1 aromatic carbocycles. The van der Waals surface area contributed by atoms with E-state index in [1.807, 2.05) is 50.2 Å². The zero-order valence-electron chi connectivity index (χ0n) is 16.5. The standard InChI is InChI=1S/C21H28N4O2/c1-5-17(19-14-15(2)12-13-22-19)23-21(27)24-18-9-7-6-8-16(18)10-11-20(26)25(3)4/h6-9,12-14,17H,5,10-11H2,1-4H3,(H2,23,24,27)/t17-/m1/s1. The Bertz CT molecular complexity index is 789. The molecule has 6 heteroatoms. The molecule has 2 aromatic rings. The van der Waals surface area contributed by atoms with E-state index in [1.54, 1.807) is 25.2 Å². The monoisotopic (exact) mass is 368 g/mol. The Morgan fingerprint density at radius 1 is 1.19 bits per heavy atom. The molecule has 144 valence electrons. The van der Waals surface area contributed by atoms with Crippen LogP contribution in [0.25, 0.3) is 0 Å². The van der Waals surface area contributed by atoms with Crippen molar-refractivity contribution in [3.8, 4) is 0 Å². The maximum absolute atomic E-state index is 12.5. The van der Waals surface area contributed by atoms with Gasteiger partial charge in [-0.2, -0.15) is 0 Å². The predicted octanol–water partition coefficient (Wildman–Crippen LogP) is 3.68. The Hall–Kier alpha value is -2.89. The van der Waals surface area contributed by atoms with Gasteiger partial charge in [0.1, 0.15) is 0 Å². The summed E-state index contributed by atoms with van der Waals surface area (Å²) >= 11 is 0. The van der Waals surface area contributed by atoms with E-state index in [-0.39, 0.29) is 18.0 Å². The number of benzene rings is 1. The number of carbonyl (C=O) groups is 2.